The van der Waals surface area contributed by atoms with Crippen molar-refractivity contribution in [3.05, 3.63) is 29.0 Å². The van der Waals surface area contributed by atoms with Gasteiger partial charge in [0.15, 0.2) is 0 Å². The Hall–Kier alpha value is -1.13. The normalized spacial score (nSPS) is 30.9. The first-order valence-corrected chi connectivity index (χ1v) is 5.76. The van der Waals surface area contributed by atoms with Crippen molar-refractivity contribution < 1.29 is 4.79 Å². The van der Waals surface area contributed by atoms with Crippen molar-refractivity contribution in [2.75, 3.05) is 13.1 Å². The number of hydrogen-bond acceptors (Lipinski definition) is 3. The fourth-order valence-corrected chi connectivity index (χ4v) is 2.48. The number of nitrogens with one attached hydrogen (secondary N) is 2. The first kappa shape index (κ1) is 10.1. The molecule has 2 N–H and O–H groups in total. The van der Waals surface area contributed by atoms with E-state index in [9.17, 15) is 4.79 Å². The highest BCUT2D eigenvalue weighted by Gasteiger charge is 2.53. The van der Waals surface area contributed by atoms with Crippen LogP contribution >= 0.6 is 11.6 Å². The quantitative estimate of drug-likeness (QED) is 0.796. The molecule has 2 unspecified atom stereocenters. The van der Waals surface area contributed by atoms with Crippen molar-refractivity contribution in [3.63, 3.8) is 0 Å². The highest BCUT2D eigenvalue weighted by molar-refractivity contribution is 6.30. The highest BCUT2D eigenvalue weighted by Crippen LogP contribution is 2.41. The second kappa shape index (κ2) is 3.71. The van der Waals surface area contributed by atoms with Crippen LogP contribution in [0.4, 0.5) is 0 Å². The Morgan fingerprint density at radius 2 is 2.19 bits per heavy atom. The molecule has 0 radical (unpaired) electrons. The van der Waals surface area contributed by atoms with Gasteiger partial charge in [0.05, 0.1) is 5.02 Å². The van der Waals surface area contributed by atoms with Crippen LogP contribution in [0.2, 0.25) is 5.02 Å². The molecular weight excluding hydrogens is 226 g/mol. The van der Waals surface area contributed by atoms with Crippen LogP contribution in [0.25, 0.3) is 0 Å². The zero-order valence-corrected chi connectivity index (χ0v) is 9.37. The molecule has 2 fully saturated rings. The lowest BCUT2D eigenvalue weighted by atomic mass is 10.3. The van der Waals surface area contributed by atoms with Crippen LogP contribution in [0.5, 0.6) is 0 Å². The maximum atomic E-state index is 11.8. The second-order valence-corrected chi connectivity index (χ2v) is 4.78. The summed E-state index contributed by atoms with van der Waals surface area (Å²) in [5, 5.41) is 6.84. The second-order valence-electron chi connectivity index (χ2n) is 4.35. The van der Waals surface area contributed by atoms with Crippen LogP contribution in [0.15, 0.2) is 18.3 Å². The monoisotopic (exact) mass is 237 g/mol. The standard InChI is InChI=1S/C11H12ClN3O/c12-6-1-2-9(14-3-6)11(16)15-10-7-4-13-5-8(7)10/h1-3,7-8,10,13H,4-5H2,(H,15,16). The number of amides is 1. The number of halogens is 1. The van der Waals surface area contributed by atoms with Crippen LogP contribution in [0.1, 0.15) is 10.5 Å². The first-order valence-electron chi connectivity index (χ1n) is 5.39. The average molecular weight is 238 g/mol. The summed E-state index contributed by atoms with van der Waals surface area (Å²) in [5.74, 6) is 1.14. The van der Waals surface area contributed by atoms with Gasteiger partial charge < -0.3 is 10.6 Å². The molecule has 2 heterocycles. The zero-order valence-electron chi connectivity index (χ0n) is 8.61. The van der Waals surface area contributed by atoms with Gasteiger partial charge in [0.1, 0.15) is 5.69 Å². The Kier molecular flexibility index (Phi) is 2.33. The van der Waals surface area contributed by atoms with Crippen molar-refractivity contribution in [2.24, 2.45) is 11.8 Å². The van der Waals surface area contributed by atoms with Gasteiger partial charge in [-0.05, 0) is 24.0 Å². The van der Waals surface area contributed by atoms with Gasteiger partial charge in [-0.2, -0.15) is 0 Å². The van der Waals surface area contributed by atoms with Crippen molar-refractivity contribution in [2.45, 2.75) is 6.04 Å². The van der Waals surface area contributed by atoms with Crippen LogP contribution in [0, 0.1) is 11.8 Å². The van der Waals surface area contributed by atoms with Gasteiger partial charge in [-0.15, -0.1) is 0 Å². The molecule has 5 heteroatoms. The highest BCUT2D eigenvalue weighted by atomic mass is 35.5. The maximum Gasteiger partial charge on any atom is 0.270 e. The number of pyridine rings is 1. The number of fused-ring (bicyclic) bond motifs is 1. The van der Waals surface area contributed by atoms with Crippen molar-refractivity contribution in [3.8, 4) is 0 Å². The summed E-state index contributed by atoms with van der Waals surface area (Å²) in [4.78, 5) is 15.8. The molecule has 3 rings (SSSR count). The van der Waals surface area contributed by atoms with E-state index in [0.717, 1.165) is 13.1 Å². The number of nitrogens with zero attached hydrogens (tertiary/aromatic N) is 1. The van der Waals surface area contributed by atoms with Crippen molar-refractivity contribution >= 4 is 17.5 Å². The average Bonchev–Trinajstić information content (AvgIpc) is 2.75. The van der Waals surface area contributed by atoms with Crippen molar-refractivity contribution in [1.29, 1.82) is 0 Å². The Bertz CT molecular complexity index is 410. The van der Waals surface area contributed by atoms with E-state index in [1.54, 1.807) is 12.1 Å². The van der Waals surface area contributed by atoms with E-state index in [0.29, 0.717) is 28.6 Å². The third kappa shape index (κ3) is 1.68. The minimum atomic E-state index is -0.101. The molecular formula is C11H12ClN3O. The van der Waals surface area contributed by atoms with Gasteiger partial charge in [-0.1, -0.05) is 11.6 Å². The molecule has 1 saturated carbocycles. The van der Waals surface area contributed by atoms with E-state index in [2.05, 4.69) is 15.6 Å². The van der Waals surface area contributed by atoms with E-state index in [4.69, 9.17) is 11.6 Å². The lowest BCUT2D eigenvalue weighted by molar-refractivity contribution is 0.0941. The zero-order chi connectivity index (χ0) is 11.1. The molecule has 1 aromatic rings. The van der Waals surface area contributed by atoms with Gasteiger partial charge in [0.2, 0.25) is 0 Å². The predicted octanol–water partition coefficient (Wildman–Crippen LogP) is 0.683. The van der Waals surface area contributed by atoms with E-state index >= 15 is 0 Å². The summed E-state index contributed by atoms with van der Waals surface area (Å²) in [5.41, 5.74) is 0.433. The predicted molar refractivity (Wildman–Crippen MR) is 60.4 cm³/mol. The summed E-state index contributed by atoms with van der Waals surface area (Å²) < 4.78 is 0. The summed E-state index contributed by atoms with van der Waals surface area (Å²) in [6, 6.07) is 3.67. The Labute approximate surface area is 98.4 Å². The summed E-state index contributed by atoms with van der Waals surface area (Å²) in [6.45, 7) is 2.04. The van der Waals surface area contributed by atoms with Crippen LogP contribution in [0.3, 0.4) is 0 Å². The number of aromatic nitrogens is 1. The molecule has 2 atom stereocenters. The van der Waals surface area contributed by atoms with Gasteiger partial charge in [-0.25, -0.2) is 4.98 Å². The fraction of sp³-hybridized carbons (Fsp3) is 0.455. The molecule has 1 aromatic heterocycles. The molecule has 16 heavy (non-hydrogen) atoms. The number of carbonyl (C=O) groups is 1. The molecule has 1 amide bonds. The van der Waals surface area contributed by atoms with Gasteiger partial charge in [-0.3, -0.25) is 4.79 Å². The van der Waals surface area contributed by atoms with Crippen LogP contribution < -0.4 is 10.6 Å². The largest absolute Gasteiger partial charge is 0.347 e. The maximum absolute atomic E-state index is 11.8. The summed E-state index contributed by atoms with van der Waals surface area (Å²) >= 11 is 5.71. The Morgan fingerprint density at radius 1 is 1.44 bits per heavy atom. The molecule has 2 aliphatic rings. The summed E-state index contributed by atoms with van der Waals surface area (Å²) in [7, 11) is 0. The Balaban J connectivity index is 1.63. The molecule has 4 nitrogen and oxygen atoms in total. The molecule has 1 saturated heterocycles. The minimum absolute atomic E-state index is 0.101. The molecule has 0 bridgehead atoms. The van der Waals surface area contributed by atoms with E-state index in [1.807, 2.05) is 0 Å². The fourth-order valence-electron chi connectivity index (χ4n) is 2.37. The molecule has 84 valence electrons. The van der Waals surface area contributed by atoms with Gasteiger partial charge in [0.25, 0.3) is 5.91 Å². The van der Waals surface area contributed by atoms with Gasteiger partial charge >= 0.3 is 0 Å². The number of rotatable bonds is 2. The van der Waals surface area contributed by atoms with E-state index < -0.39 is 0 Å². The lowest BCUT2D eigenvalue weighted by Crippen LogP contribution is -2.32. The molecule has 1 aliphatic carbocycles. The molecule has 0 spiro atoms. The van der Waals surface area contributed by atoms with Gasteiger partial charge in [0, 0.05) is 25.3 Å². The number of piperidine rings is 1. The first-order chi connectivity index (χ1) is 7.75. The van der Waals surface area contributed by atoms with E-state index in [1.165, 1.54) is 6.20 Å². The third-order valence-corrected chi connectivity index (χ3v) is 3.57. The molecule has 1 aliphatic heterocycles. The molecule has 0 aromatic carbocycles. The number of carbonyl (C=O) groups excluding carboxylic acids is 1. The topological polar surface area (TPSA) is 54.0 Å². The number of hydrogen-bond donors (Lipinski definition) is 2. The summed E-state index contributed by atoms with van der Waals surface area (Å²) in [6.07, 6.45) is 1.49. The SMILES string of the molecule is O=C(NC1C2CNCC21)c1ccc(Cl)cn1. The smallest absolute Gasteiger partial charge is 0.270 e. The van der Waals surface area contributed by atoms with Crippen LogP contribution in [-0.4, -0.2) is 30.0 Å². The van der Waals surface area contributed by atoms with E-state index in [-0.39, 0.29) is 5.91 Å². The lowest BCUT2D eigenvalue weighted by Gasteiger charge is -2.06. The third-order valence-electron chi connectivity index (χ3n) is 3.35. The van der Waals surface area contributed by atoms with Crippen LogP contribution in [-0.2, 0) is 0 Å². The van der Waals surface area contributed by atoms with Crippen molar-refractivity contribution in [1.82, 2.24) is 15.6 Å². The minimum Gasteiger partial charge on any atom is -0.347 e. The Morgan fingerprint density at radius 3 is 2.81 bits per heavy atom.